The SMILES string of the molecule is CC(Cc1cccc(F)c1)NC(CCO)C(C)C. The topological polar surface area (TPSA) is 32.3 Å². The Bertz CT molecular complexity index is 354. The highest BCUT2D eigenvalue weighted by Crippen LogP contribution is 2.10. The lowest BCUT2D eigenvalue weighted by Gasteiger charge is -2.26. The third-order valence-electron chi connectivity index (χ3n) is 3.17. The molecule has 1 rings (SSSR count). The summed E-state index contributed by atoms with van der Waals surface area (Å²) in [4.78, 5) is 0. The van der Waals surface area contributed by atoms with Crippen LogP contribution in [0.25, 0.3) is 0 Å². The fraction of sp³-hybridized carbons (Fsp3) is 0.600. The van der Waals surface area contributed by atoms with Crippen LogP contribution >= 0.6 is 0 Å². The van der Waals surface area contributed by atoms with Crippen LogP contribution in [0.5, 0.6) is 0 Å². The van der Waals surface area contributed by atoms with Gasteiger partial charge in [-0.2, -0.15) is 0 Å². The smallest absolute Gasteiger partial charge is 0.123 e. The molecule has 0 radical (unpaired) electrons. The summed E-state index contributed by atoms with van der Waals surface area (Å²) in [6.45, 7) is 6.57. The number of rotatable bonds is 7. The van der Waals surface area contributed by atoms with Crippen LogP contribution in [0.1, 0.15) is 32.8 Å². The van der Waals surface area contributed by atoms with Gasteiger partial charge in [0.05, 0.1) is 0 Å². The standard InChI is InChI=1S/C15H24FNO/c1-11(2)15(7-8-18)17-12(3)9-13-5-4-6-14(16)10-13/h4-6,10-12,15,17-18H,7-9H2,1-3H3. The summed E-state index contributed by atoms with van der Waals surface area (Å²) >= 11 is 0. The highest BCUT2D eigenvalue weighted by atomic mass is 19.1. The number of benzene rings is 1. The second kappa shape index (κ2) is 7.49. The third-order valence-corrected chi connectivity index (χ3v) is 3.17. The summed E-state index contributed by atoms with van der Waals surface area (Å²) in [5.41, 5.74) is 1.00. The van der Waals surface area contributed by atoms with Crippen molar-refractivity contribution in [2.24, 2.45) is 5.92 Å². The highest BCUT2D eigenvalue weighted by molar-refractivity contribution is 5.17. The summed E-state index contributed by atoms with van der Waals surface area (Å²) in [6.07, 6.45) is 1.55. The molecule has 0 saturated heterocycles. The molecule has 2 nitrogen and oxygen atoms in total. The first-order chi connectivity index (χ1) is 8.52. The normalized spacial score (nSPS) is 14.8. The van der Waals surface area contributed by atoms with Crippen molar-refractivity contribution in [2.45, 2.75) is 45.7 Å². The van der Waals surface area contributed by atoms with Gasteiger partial charge in [0.2, 0.25) is 0 Å². The minimum atomic E-state index is -0.185. The van der Waals surface area contributed by atoms with E-state index in [0.29, 0.717) is 12.0 Å². The molecule has 0 aromatic heterocycles. The second-order valence-electron chi connectivity index (χ2n) is 5.26. The van der Waals surface area contributed by atoms with Gasteiger partial charge in [-0.15, -0.1) is 0 Å². The van der Waals surface area contributed by atoms with Gasteiger partial charge in [-0.3, -0.25) is 0 Å². The van der Waals surface area contributed by atoms with E-state index in [-0.39, 0.29) is 18.5 Å². The summed E-state index contributed by atoms with van der Waals surface area (Å²) in [5.74, 6) is 0.294. The molecule has 0 saturated carbocycles. The molecule has 0 amide bonds. The Kier molecular flexibility index (Phi) is 6.30. The number of hydrogen-bond donors (Lipinski definition) is 2. The van der Waals surface area contributed by atoms with E-state index in [1.54, 1.807) is 12.1 Å². The molecule has 0 heterocycles. The number of aliphatic hydroxyl groups excluding tert-OH is 1. The zero-order valence-corrected chi connectivity index (χ0v) is 11.5. The Morgan fingerprint density at radius 2 is 2.00 bits per heavy atom. The van der Waals surface area contributed by atoms with Crippen LogP contribution < -0.4 is 5.32 Å². The van der Waals surface area contributed by atoms with Crippen LogP contribution in [0.15, 0.2) is 24.3 Å². The van der Waals surface area contributed by atoms with E-state index in [4.69, 9.17) is 5.11 Å². The quantitative estimate of drug-likeness (QED) is 0.783. The molecule has 1 aromatic carbocycles. The summed E-state index contributed by atoms with van der Waals surface area (Å²) in [5, 5.41) is 12.5. The van der Waals surface area contributed by atoms with Crippen molar-refractivity contribution in [3.8, 4) is 0 Å². The maximum absolute atomic E-state index is 13.1. The molecular formula is C15H24FNO. The predicted octanol–water partition coefficient (Wildman–Crippen LogP) is 2.75. The molecule has 2 unspecified atom stereocenters. The lowest BCUT2D eigenvalue weighted by Crippen LogP contribution is -2.41. The van der Waals surface area contributed by atoms with Gasteiger partial charge in [-0.05, 0) is 43.4 Å². The van der Waals surface area contributed by atoms with Gasteiger partial charge in [-0.1, -0.05) is 26.0 Å². The largest absolute Gasteiger partial charge is 0.396 e. The van der Waals surface area contributed by atoms with E-state index < -0.39 is 0 Å². The van der Waals surface area contributed by atoms with Crippen LogP contribution in [-0.2, 0) is 6.42 Å². The van der Waals surface area contributed by atoms with Gasteiger partial charge >= 0.3 is 0 Å². The summed E-state index contributed by atoms with van der Waals surface area (Å²) in [7, 11) is 0. The third kappa shape index (κ3) is 5.15. The average molecular weight is 253 g/mol. The molecule has 0 fully saturated rings. The zero-order valence-electron chi connectivity index (χ0n) is 11.5. The summed E-state index contributed by atoms with van der Waals surface area (Å²) < 4.78 is 13.1. The van der Waals surface area contributed by atoms with Crippen molar-refractivity contribution in [1.82, 2.24) is 5.32 Å². The number of aliphatic hydroxyl groups is 1. The van der Waals surface area contributed by atoms with Gasteiger partial charge in [-0.25, -0.2) is 4.39 Å². The van der Waals surface area contributed by atoms with E-state index in [1.807, 2.05) is 6.07 Å². The Balaban J connectivity index is 2.51. The lowest BCUT2D eigenvalue weighted by molar-refractivity contribution is 0.236. The zero-order chi connectivity index (χ0) is 13.5. The minimum Gasteiger partial charge on any atom is -0.396 e. The minimum absolute atomic E-state index is 0.185. The van der Waals surface area contributed by atoms with Gasteiger partial charge in [0.1, 0.15) is 5.82 Å². The molecule has 18 heavy (non-hydrogen) atoms. The summed E-state index contributed by atoms with van der Waals surface area (Å²) in [6, 6.07) is 7.30. The van der Waals surface area contributed by atoms with Crippen LogP contribution in [0.3, 0.4) is 0 Å². The first kappa shape index (κ1) is 15.1. The molecule has 0 aliphatic heterocycles. The lowest BCUT2D eigenvalue weighted by atomic mass is 9.98. The first-order valence-corrected chi connectivity index (χ1v) is 6.64. The van der Waals surface area contributed by atoms with E-state index in [0.717, 1.165) is 18.4 Å². The monoisotopic (exact) mass is 253 g/mol. The number of nitrogens with one attached hydrogen (secondary N) is 1. The molecule has 2 N–H and O–H groups in total. The van der Waals surface area contributed by atoms with Gasteiger partial charge in [0.25, 0.3) is 0 Å². The van der Waals surface area contributed by atoms with Gasteiger partial charge in [0.15, 0.2) is 0 Å². The van der Waals surface area contributed by atoms with Crippen LogP contribution in [0.4, 0.5) is 4.39 Å². The van der Waals surface area contributed by atoms with Crippen molar-refractivity contribution in [3.05, 3.63) is 35.6 Å². The van der Waals surface area contributed by atoms with E-state index >= 15 is 0 Å². The second-order valence-corrected chi connectivity index (χ2v) is 5.26. The maximum Gasteiger partial charge on any atom is 0.123 e. The Labute approximate surface area is 109 Å². The highest BCUT2D eigenvalue weighted by Gasteiger charge is 2.15. The van der Waals surface area contributed by atoms with Crippen molar-refractivity contribution in [3.63, 3.8) is 0 Å². The van der Waals surface area contributed by atoms with Crippen LogP contribution in [-0.4, -0.2) is 23.8 Å². The maximum atomic E-state index is 13.1. The van der Waals surface area contributed by atoms with Crippen LogP contribution in [0.2, 0.25) is 0 Å². The average Bonchev–Trinajstić information content (AvgIpc) is 2.28. The van der Waals surface area contributed by atoms with Crippen molar-refractivity contribution >= 4 is 0 Å². The Morgan fingerprint density at radius 3 is 2.56 bits per heavy atom. The molecule has 0 bridgehead atoms. The molecule has 0 aliphatic rings. The molecule has 2 atom stereocenters. The van der Waals surface area contributed by atoms with E-state index in [9.17, 15) is 4.39 Å². The van der Waals surface area contributed by atoms with Crippen LogP contribution in [0, 0.1) is 11.7 Å². The molecular weight excluding hydrogens is 229 g/mol. The van der Waals surface area contributed by atoms with Gasteiger partial charge < -0.3 is 10.4 Å². The molecule has 0 aliphatic carbocycles. The predicted molar refractivity (Wildman–Crippen MR) is 73.0 cm³/mol. The van der Waals surface area contributed by atoms with Gasteiger partial charge in [0, 0.05) is 18.7 Å². The Morgan fingerprint density at radius 1 is 1.28 bits per heavy atom. The van der Waals surface area contributed by atoms with E-state index in [2.05, 4.69) is 26.1 Å². The van der Waals surface area contributed by atoms with Crippen molar-refractivity contribution in [1.29, 1.82) is 0 Å². The first-order valence-electron chi connectivity index (χ1n) is 6.64. The molecule has 1 aromatic rings. The number of hydrogen-bond acceptors (Lipinski definition) is 2. The number of halogens is 1. The Hall–Kier alpha value is -0.930. The molecule has 3 heteroatoms. The fourth-order valence-electron chi connectivity index (χ4n) is 2.19. The molecule has 102 valence electrons. The van der Waals surface area contributed by atoms with Crippen molar-refractivity contribution < 1.29 is 9.50 Å². The van der Waals surface area contributed by atoms with E-state index in [1.165, 1.54) is 6.07 Å². The molecule has 0 spiro atoms. The fourth-order valence-corrected chi connectivity index (χ4v) is 2.19. The van der Waals surface area contributed by atoms with Crippen molar-refractivity contribution in [2.75, 3.05) is 6.61 Å².